The van der Waals surface area contributed by atoms with Crippen molar-refractivity contribution in [1.82, 2.24) is 4.90 Å². The number of benzene rings is 1. The van der Waals surface area contributed by atoms with Gasteiger partial charge in [0.25, 0.3) is 0 Å². The van der Waals surface area contributed by atoms with Crippen LogP contribution in [0.1, 0.15) is 29.5 Å². The van der Waals surface area contributed by atoms with Crippen LogP contribution in [0.25, 0.3) is 0 Å². The van der Waals surface area contributed by atoms with E-state index in [0.29, 0.717) is 30.5 Å². The zero-order valence-electron chi connectivity index (χ0n) is 12.8. The normalized spacial score (nSPS) is 17.0. The van der Waals surface area contributed by atoms with Crippen LogP contribution in [0.4, 0.5) is 8.78 Å². The summed E-state index contributed by atoms with van der Waals surface area (Å²) >= 11 is 0. The van der Waals surface area contributed by atoms with Gasteiger partial charge in [0, 0.05) is 6.54 Å². The van der Waals surface area contributed by atoms with E-state index in [1.807, 2.05) is 12.1 Å². The molecule has 0 unspecified atom stereocenters. The van der Waals surface area contributed by atoms with Gasteiger partial charge in [0.05, 0.1) is 5.92 Å². The van der Waals surface area contributed by atoms with Gasteiger partial charge in [-0.1, -0.05) is 12.1 Å². The van der Waals surface area contributed by atoms with Crippen molar-refractivity contribution in [3.05, 3.63) is 28.8 Å². The molecule has 1 saturated heterocycles. The molecular formula is C16H21F2NO3. The second-order valence-electron chi connectivity index (χ2n) is 5.83. The van der Waals surface area contributed by atoms with E-state index in [0.717, 1.165) is 18.7 Å². The van der Waals surface area contributed by atoms with Crippen molar-refractivity contribution in [2.75, 3.05) is 13.1 Å². The number of nitrogens with zero attached hydrogens (tertiary/aromatic N) is 1. The van der Waals surface area contributed by atoms with E-state index < -0.39 is 12.6 Å². The fourth-order valence-electron chi connectivity index (χ4n) is 3.00. The van der Waals surface area contributed by atoms with Crippen LogP contribution in [0, 0.1) is 19.8 Å². The molecule has 1 N–H and O–H groups in total. The number of carboxylic acid groups (broad SMARTS) is 1. The third kappa shape index (κ3) is 4.16. The van der Waals surface area contributed by atoms with Gasteiger partial charge >= 0.3 is 12.6 Å². The van der Waals surface area contributed by atoms with Gasteiger partial charge in [-0.15, -0.1) is 0 Å². The van der Waals surface area contributed by atoms with Gasteiger partial charge < -0.3 is 9.84 Å². The summed E-state index contributed by atoms with van der Waals surface area (Å²) in [4.78, 5) is 13.1. The zero-order chi connectivity index (χ0) is 16.3. The highest BCUT2D eigenvalue weighted by molar-refractivity contribution is 5.70. The second kappa shape index (κ2) is 7.05. The van der Waals surface area contributed by atoms with Crippen LogP contribution in [-0.4, -0.2) is 35.7 Å². The number of alkyl halides is 2. The van der Waals surface area contributed by atoms with E-state index in [2.05, 4.69) is 9.64 Å². The monoisotopic (exact) mass is 313 g/mol. The Balaban J connectivity index is 2.01. The number of halogens is 2. The summed E-state index contributed by atoms with van der Waals surface area (Å²) in [5.41, 5.74) is 2.41. The Hall–Kier alpha value is -1.69. The molecular weight excluding hydrogens is 292 g/mol. The predicted molar refractivity (Wildman–Crippen MR) is 78.2 cm³/mol. The first-order valence-electron chi connectivity index (χ1n) is 7.37. The lowest BCUT2D eigenvalue weighted by molar-refractivity contribution is -0.143. The molecule has 0 bridgehead atoms. The van der Waals surface area contributed by atoms with E-state index >= 15 is 0 Å². The van der Waals surface area contributed by atoms with Crippen LogP contribution >= 0.6 is 0 Å². The summed E-state index contributed by atoms with van der Waals surface area (Å²) in [6, 6.07) is 3.71. The molecule has 122 valence electrons. The summed E-state index contributed by atoms with van der Waals surface area (Å²) in [6.45, 7) is 2.87. The van der Waals surface area contributed by atoms with Crippen LogP contribution in [0.2, 0.25) is 0 Å². The Bertz CT molecular complexity index is 517. The van der Waals surface area contributed by atoms with Gasteiger partial charge in [0.1, 0.15) is 5.75 Å². The summed E-state index contributed by atoms with van der Waals surface area (Å²) in [5, 5.41) is 9.00. The highest BCUT2D eigenvalue weighted by Gasteiger charge is 2.24. The topological polar surface area (TPSA) is 49.8 Å². The number of hydrogen-bond acceptors (Lipinski definition) is 3. The van der Waals surface area contributed by atoms with Crippen LogP contribution < -0.4 is 4.74 Å². The van der Waals surface area contributed by atoms with Crippen LogP contribution in [0.3, 0.4) is 0 Å². The number of aryl methyl sites for hydroxylation is 2. The quantitative estimate of drug-likeness (QED) is 0.907. The molecule has 0 spiro atoms. The molecule has 0 amide bonds. The first-order valence-corrected chi connectivity index (χ1v) is 7.37. The Morgan fingerprint density at radius 1 is 1.32 bits per heavy atom. The number of carbonyl (C=O) groups is 1. The molecule has 0 aliphatic carbocycles. The number of carboxylic acids is 1. The molecule has 2 rings (SSSR count). The van der Waals surface area contributed by atoms with Crippen molar-refractivity contribution in [3.63, 3.8) is 0 Å². The Labute approximate surface area is 128 Å². The Morgan fingerprint density at radius 3 is 2.32 bits per heavy atom. The fraction of sp³-hybridized carbons (Fsp3) is 0.562. The first-order chi connectivity index (χ1) is 10.4. The molecule has 6 heteroatoms. The van der Waals surface area contributed by atoms with E-state index in [1.54, 1.807) is 13.8 Å². The SMILES string of the molecule is Cc1cc(CN2CCC(C(=O)O)CC2)cc(C)c1OC(F)F. The van der Waals surface area contributed by atoms with Crippen LogP contribution in [0.5, 0.6) is 5.75 Å². The number of rotatable bonds is 5. The highest BCUT2D eigenvalue weighted by Crippen LogP contribution is 2.28. The Morgan fingerprint density at radius 2 is 1.86 bits per heavy atom. The predicted octanol–water partition coefficient (Wildman–Crippen LogP) is 3.20. The van der Waals surface area contributed by atoms with Gasteiger partial charge in [0.2, 0.25) is 0 Å². The molecule has 0 radical (unpaired) electrons. The van der Waals surface area contributed by atoms with Gasteiger partial charge in [-0.2, -0.15) is 8.78 Å². The fourth-order valence-corrected chi connectivity index (χ4v) is 3.00. The van der Waals surface area contributed by atoms with Gasteiger partial charge in [-0.3, -0.25) is 9.69 Å². The largest absolute Gasteiger partial charge is 0.481 e. The summed E-state index contributed by atoms with van der Waals surface area (Å²) < 4.78 is 29.3. The molecule has 1 heterocycles. The lowest BCUT2D eigenvalue weighted by atomic mass is 9.96. The van der Waals surface area contributed by atoms with Gasteiger partial charge in [0.15, 0.2) is 0 Å². The lowest BCUT2D eigenvalue weighted by Gasteiger charge is -2.30. The maximum absolute atomic E-state index is 12.4. The third-order valence-corrected chi connectivity index (χ3v) is 4.07. The van der Waals surface area contributed by atoms with E-state index in [1.165, 1.54) is 0 Å². The minimum Gasteiger partial charge on any atom is -0.481 e. The molecule has 1 aromatic carbocycles. The highest BCUT2D eigenvalue weighted by atomic mass is 19.3. The van der Waals surface area contributed by atoms with E-state index in [9.17, 15) is 13.6 Å². The minimum atomic E-state index is -2.82. The summed E-state index contributed by atoms with van der Waals surface area (Å²) in [6.07, 6.45) is 1.31. The maximum atomic E-state index is 12.4. The average Bonchev–Trinajstić information content (AvgIpc) is 2.43. The molecule has 22 heavy (non-hydrogen) atoms. The van der Waals surface area contributed by atoms with Crippen molar-refractivity contribution < 1.29 is 23.4 Å². The summed E-state index contributed by atoms with van der Waals surface area (Å²) in [7, 11) is 0. The molecule has 1 fully saturated rings. The van der Waals surface area contributed by atoms with Gasteiger partial charge in [-0.05, 0) is 56.5 Å². The van der Waals surface area contributed by atoms with Crippen molar-refractivity contribution in [2.45, 2.75) is 39.8 Å². The number of likely N-dealkylation sites (tertiary alicyclic amines) is 1. The average molecular weight is 313 g/mol. The molecule has 0 atom stereocenters. The van der Waals surface area contributed by atoms with Crippen molar-refractivity contribution in [1.29, 1.82) is 0 Å². The van der Waals surface area contributed by atoms with Gasteiger partial charge in [-0.25, -0.2) is 0 Å². The van der Waals surface area contributed by atoms with E-state index in [-0.39, 0.29) is 11.7 Å². The molecule has 0 aromatic heterocycles. The number of aliphatic carboxylic acids is 1. The smallest absolute Gasteiger partial charge is 0.387 e. The standard InChI is InChI=1S/C16H21F2NO3/c1-10-7-12(8-11(2)14(10)22-16(17)18)9-19-5-3-13(4-6-19)15(20)21/h7-8,13,16H,3-6,9H2,1-2H3,(H,20,21). The molecule has 1 aliphatic rings. The van der Waals surface area contributed by atoms with Crippen molar-refractivity contribution >= 4 is 5.97 Å². The molecule has 1 aliphatic heterocycles. The van der Waals surface area contributed by atoms with E-state index in [4.69, 9.17) is 5.11 Å². The second-order valence-corrected chi connectivity index (χ2v) is 5.83. The zero-order valence-corrected chi connectivity index (χ0v) is 12.8. The molecule has 0 saturated carbocycles. The van der Waals surface area contributed by atoms with Crippen molar-refractivity contribution in [2.24, 2.45) is 5.92 Å². The number of piperidine rings is 1. The number of ether oxygens (including phenoxy) is 1. The van der Waals surface area contributed by atoms with Crippen LogP contribution in [0.15, 0.2) is 12.1 Å². The van der Waals surface area contributed by atoms with Crippen LogP contribution in [-0.2, 0) is 11.3 Å². The molecule has 1 aromatic rings. The number of hydrogen-bond donors (Lipinski definition) is 1. The lowest BCUT2D eigenvalue weighted by Crippen LogP contribution is -2.35. The molecule has 4 nitrogen and oxygen atoms in total. The maximum Gasteiger partial charge on any atom is 0.387 e. The summed E-state index contributed by atoms with van der Waals surface area (Å²) in [5.74, 6) is -0.732. The minimum absolute atomic E-state index is 0.239. The van der Waals surface area contributed by atoms with Crippen molar-refractivity contribution in [3.8, 4) is 5.75 Å². The first kappa shape index (κ1) is 16.7. The third-order valence-electron chi connectivity index (χ3n) is 4.07. The Kier molecular flexibility index (Phi) is 5.34.